The average Bonchev–Trinajstić information content (AvgIpc) is 1.89. The van der Waals surface area contributed by atoms with E-state index in [0.717, 1.165) is 12.8 Å². The van der Waals surface area contributed by atoms with Crippen molar-refractivity contribution in [2.24, 2.45) is 0 Å². The van der Waals surface area contributed by atoms with Gasteiger partial charge in [-0.2, -0.15) is 0 Å². The molecule has 0 rings (SSSR count). The van der Waals surface area contributed by atoms with Gasteiger partial charge in [0.15, 0.2) is 0 Å². The molecule has 0 fully saturated rings. The molecule has 0 spiro atoms. The van der Waals surface area contributed by atoms with Crippen LogP contribution in [-0.4, -0.2) is 0 Å². The molecule has 0 radical (unpaired) electrons. The highest BCUT2D eigenvalue weighted by Crippen LogP contribution is 1.90. The number of rotatable bonds is 4. The van der Waals surface area contributed by atoms with E-state index in [4.69, 9.17) is 0 Å². The molecule has 0 nitrogen and oxygen atoms in total. The van der Waals surface area contributed by atoms with Crippen LogP contribution in [0.15, 0.2) is 43.2 Å². The molecule has 0 aliphatic heterocycles. The molecule has 0 aromatic rings. The Morgan fingerprint density at radius 3 is 2.67 bits per heavy atom. The molecule has 48 valence electrons. The van der Waals surface area contributed by atoms with Gasteiger partial charge in [0.2, 0.25) is 0 Å². The van der Waals surface area contributed by atoms with Crippen LogP contribution < -0.4 is 0 Å². The molecule has 0 aromatic heterocycles. The summed E-state index contributed by atoms with van der Waals surface area (Å²) >= 11 is 0. The van der Waals surface area contributed by atoms with Crippen LogP contribution in [-0.2, 0) is 0 Å². The lowest BCUT2D eigenvalue weighted by Crippen LogP contribution is -1.60. The van der Waals surface area contributed by atoms with E-state index in [1.165, 1.54) is 0 Å². The highest BCUT2D eigenvalue weighted by molar-refractivity contribution is 4.97. The summed E-state index contributed by atoms with van der Waals surface area (Å²) in [5.41, 5.74) is 2.71. The Morgan fingerprint density at radius 1 is 1.33 bits per heavy atom. The van der Waals surface area contributed by atoms with Gasteiger partial charge in [0.05, 0.1) is 0 Å². The van der Waals surface area contributed by atoms with Crippen LogP contribution in [0.4, 0.5) is 0 Å². The van der Waals surface area contributed by atoms with Gasteiger partial charge in [-0.3, -0.25) is 0 Å². The maximum Gasteiger partial charge on any atom is -0.0240 e. The first-order valence-electron chi connectivity index (χ1n) is 3.03. The molecule has 0 amide bonds. The van der Waals surface area contributed by atoms with Gasteiger partial charge < -0.3 is 0 Å². The predicted molar refractivity (Wildman–Crippen MR) is 42.3 cm³/mol. The topological polar surface area (TPSA) is 0 Å². The van der Waals surface area contributed by atoms with Crippen molar-refractivity contribution in [2.45, 2.75) is 12.8 Å². The van der Waals surface area contributed by atoms with E-state index in [2.05, 4.69) is 25.0 Å². The molecule has 0 bridgehead atoms. The quantitative estimate of drug-likeness (QED) is 0.304. The van der Waals surface area contributed by atoms with Crippen molar-refractivity contribution in [3.05, 3.63) is 43.2 Å². The first-order valence-corrected chi connectivity index (χ1v) is 3.03. The third-order valence-corrected chi connectivity index (χ3v) is 0.894. The van der Waals surface area contributed by atoms with Crippen LogP contribution in [0.2, 0.25) is 0 Å². The molecule has 0 aromatic carbocycles. The summed E-state index contributed by atoms with van der Waals surface area (Å²) in [5, 5.41) is 0. The maximum absolute atomic E-state index is 3.55. The number of allylic oxidation sites excluding steroid dienone is 4. The normalized spacial score (nSPS) is 8.89. The fourth-order valence-corrected chi connectivity index (χ4v) is 0.474. The van der Waals surface area contributed by atoms with E-state index in [0.29, 0.717) is 0 Å². The van der Waals surface area contributed by atoms with E-state index in [9.17, 15) is 0 Å². The van der Waals surface area contributed by atoms with E-state index >= 15 is 0 Å². The summed E-state index contributed by atoms with van der Waals surface area (Å²) in [6.45, 7) is 7.01. The Bertz CT molecular complexity index is 134. The second-order valence-electron chi connectivity index (χ2n) is 1.65. The van der Waals surface area contributed by atoms with Crippen LogP contribution in [0, 0.1) is 0 Å². The van der Waals surface area contributed by atoms with Gasteiger partial charge in [-0.15, -0.1) is 5.73 Å². The van der Waals surface area contributed by atoms with Crippen LogP contribution >= 0.6 is 0 Å². The van der Waals surface area contributed by atoms with Crippen molar-refractivity contribution in [1.29, 1.82) is 0 Å². The Kier molecular flexibility index (Phi) is 6.22. The van der Waals surface area contributed by atoms with Crippen molar-refractivity contribution >= 4 is 0 Å². The van der Waals surface area contributed by atoms with Gasteiger partial charge in [-0.05, 0) is 18.9 Å². The second kappa shape index (κ2) is 7.00. The Hall–Kier alpha value is -1.00. The number of hydrogen-bond donors (Lipinski definition) is 0. The first kappa shape index (κ1) is 8.00. The van der Waals surface area contributed by atoms with Gasteiger partial charge in [-0.25, -0.2) is 0 Å². The monoisotopic (exact) mass is 120 g/mol. The molecule has 0 atom stereocenters. The van der Waals surface area contributed by atoms with Crippen molar-refractivity contribution < 1.29 is 0 Å². The minimum absolute atomic E-state index is 1.02. The largest absolute Gasteiger partial charge is 0.133 e. The molecule has 0 aliphatic carbocycles. The van der Waals surface area contributed by atoms with E-state index in [1.807, 2.05) is 12.2 Å². The lowest BCUT2D eigenvalue weighted by Gasteiger charge is -1.80. The molecule has 0 N–H and O–H groups in total. The minimum Gasteiger partial charge on any atom is -0.133 e. The van der Waals surface area contributed by atoms with Crippen molar-refractivity contribution in [3.8, 4) is 0 Å². The highest BCUT2D eigenvalue weighted by atomic mass is 13.8. The van der Waals surface area contributed by atoms with E-state index in [1.54, 1.807) is 6.08 Å². The lowest BCUT2D eigenvalue weighted by atomic mass is 10.3. The summed E-state index contributed by atoms with van der Waals surface area (Å²) in [6.07, 6.45) is 9.78. The zero-order chi connectivity index (χ0) is 6.95. The van der Waals surface area contributed by atoms with Gasteiger partial charge in [-0.1, -0.05) is 31.4 Å². The third kappa shape index (κ3) is 7.00. The second-order valence-corrected chi connectivity index (χ2v) is 1.65. The molecule has 9 heavy (non-hydrogen) atoms. The Labute approximate surface area is 56.9 Å². The fourth-order valence-electron chi connectivity index (χ4n) is 0.474. The molecule has 0 unspecified atom stereocenters. The van der Waals surface area contributed by atoms with Crippen molar-refractivity contribution in [1.82, 2.24) is 0 Å². The molecular formula is C9H12. The molecule has 0 saturated carbocycles. The predicted octanol–water partition coefficient (Wildman–Crippen LogP) is 2.85. The maximum atomic E-state index is 3.55. The summed E-state index contributed by atoms with van der Waals surface area (Å²) in [7, 11) is 0. The van der Waals surface area contributed by atoms with E-state index in [-0.39, 0.29) is 0 Å². The standard InChI is InChI=1S/C9H12/c1-3-5-7-9-8-6-4-2/h3,5-7H,1-2,8-9H2. The lowest BCUT2D eigenvalue weighted by molar-refractivity contribution is 1.05. The fraction of sp³-hybridized carbons (Fsp3) is 0.222. The number of hydrogen-bond acceptors (Lipinski definition) is 0. The van der Waals surface area contributed by atoms with Gasteiger partial charge in [0.1, 0.15) is 0 Å². The van der Waals surface area contributed by atoms with Crippen LogP contribution in [0.3, 0.4) is 0 Å². The highest BCUT2D eigenvalue weighted by Gasteiger charge is 1.70. The Morgan fingerprint density at radius 2 is 2.11 bits per heavy atom. The zero-order valence-corrected chi connectivity index (χ0v) is 5.64. The zero-order valence-electron chi connectivity index (χ0n) is 5.64. The van der Waals surface area contributed by atoms with Crippen LogP contribution in [0.25, 0.3) is 0 Å². The average molecular weight is 120 g/mol. The summed E-state index contributed by atoms with van der Waals surface area (Å²) in [5.74, 6) is 0. The number of unbranched alkanes of at least 4 members (excludes halogenated alkanes) is 1. The summed E-state index contributed by atoms with van der Waals surface area (Å²) in [4.78, 5) is 0. The molecule has 0 saturated heterocycles. The third-order valence-electron chi connectivity index (χ3n) is 0.894. The van der Waals surface area contributed by atoms with Crippen molar-refractivity contribution in [2.75, 3.05) is 0 Å². The van der Waals surface area contributed by atoms with E-state index < -0.39 is 0 Å². The molecule has 0 heteroatoms. The molecule has 0 aliphatic rings. The summed E-state index contributed by atoms with van der Waals surface area (Å²) < 4.78 is 0. The van der Waals surface area contributed by atoms with Crippen LogP contribution in [0.5, 0.6) is 0 Å². The first-order chi connectivity index (χ1) is 4.41. The SMILES string of the molecule is C=C=CCCC=CC=C. The molecular weight excluding hydrogens is 108 g/mol. The summed E-state index contributed by atoms with van der Waals surface area (Å²) in [6, 6.07) is 0. The van der Waals surface area contributed by atoms with Gasteiger partial charge in [0, 0.05) is 0 Å². The smallest absolute Gasteiger partial charge is 0.0240 e. The van der Waals surface area contributed by atoms with Crippen LogP contribution in [0.1, 0.15) is 12.8 Å². The molecule has 0 heterocycles. The van der Waals surface area contributed by atoms with Crippen molar-refractivity contribution in [3.63, 3.8) is 0 Å². The van der Waals surface area contributed by atoms with Gasteiger partial charge >= 0.3 is 0 Å². The Balaban J connectivity index is 3.18. The van der Waals surface area contributed by atoms with Gasteiger partial charge in [0.25, 0.3) is 0 Å². The minimum atomic E-state index is 1.02.